The molecular weight excluding hydrogens is 268 g/mol. The maximum Gasteiger partial charge on any atom is 0.173 e. The van der Waals surface area contributed by atoms with Crippen LogP contribution in [-0.2, 0) is 9.84 Å². The van der Waals surface area contributed by atoms with Crippen molar-refractivity contribution in [2.45, 2.75) is 17.3 Å². The number of benzene rings is 1. The number of imidazole rings is 1. The number of sulfone groups is 1. The quantitative estimate of drug-likeness (QED) is 0.917. The Balaban J connectivity index is 1.88. The highest BCUT2D eigenvalue weighted by atomic mass is 32.2. The number of nitrogens with one attached hydrogen (secondary N) is 1. The second kappa shape index (κ2) is 4.13. The molecule has 0 fully saturated rings. The van der Waals surface area contributed by atoms with Gasteiger partial charge in [-0.15, -0.1) is 0 Å². The lowest BCUT2D eigenvalue weighted by atomic mass is 10.3. The molecule has 0 bridgehead atoms. The average Bonchev–Trinajstić information content (AvgIpc) is 2.79. The van der Waals surface area contributed by atoms with Crippen molar-refractivity contribution in [2.75, 3.05) is 5.75 Å². The van der Waals surface area contributed by atoms with Gasteiger partial charge >= 0.3 is 0 Å². The number of H-pyrrole nitrogens is 1. The molecule has 1 aliphatic heterocycles. The number of thioether (sulfide) groups is 1. The van der Waals surface area contributed by atoms with Crippen LogP contribution in [0.5, 0.6) is 0 Å². The fraction of sp³-hybridized carbons (Fsp3) is 0.250. The lowest BCUT2D eigenvalue weighted by Gasteiger charge is -2.06. The van der Waals surface area contributed by atoms with Crippen LogP contribution in [0.25, 0.3) is 11.0 Å². The minimum absolute atomic E-state index is 0.0319. The van der Waals surface area contributed by atoms with Crippen molar-refractivity contribution in [3.8, 4) is 0 Å². The molecule has 2 aromatic rings. The molecule has 2 heterocycles. The standard InChI is InChI=1S/C12H12N2O2S2/c1-8-6-18(15,16)7-11(8)17-12-13-9-4-2-3-5-10(9)14-12/h2-6,11H,7H2,1H3,(H,13,14)/t11-/m0/s1. The van der Waals surface area contributed by atoms with Gasteiger partial charge in [0.2, 0.25) is 0 Å². The second-order valence-corrected chi connectivity index (χ2v) is 7.44. The number of hydrogen-bond acceptors (Lipinski definition) is 4. The highest BCUT2D eigenvalue weighted by Gasteiger charge is 2.28. The van der Waals surface area contributed by atoms with Gasteiger partial charge in [0.25, 0.3) is 0 Å². The lowest BCUT2D eigenvalue weighted by Crippen LogP contribution is -2.09. The molecule has 1 aromatic heterocycles. The van der Waals surface area contributed by atoms with Gasteiger partial charge in [0.15, 0.2) is 15.0 Å². The summed E-state index contributed by atoms with van der Waals surface area (Å²) in [6, 6.07) is 7.77. The zero-order valence-corrected chi connectivity index (χ0v) is 11.4. The molecule has 18 heavy (non-hydrogen) atoms. The molecule has 0 radical (unpaired) electrons. The molecule has 1 aromatic carbocycles. The van der Waals surface area contributed by atoms with Crippen LogP contribution in [0.2, 0.25) is 0 Å². The summed E-state index contributed by atoms with van der Waals surface area (Å²) in [5.74, 6) is 0.167. The van der Waals surface area contributed by atoms with Crippen molar-refractivity contribution in [3.05, 3.63) is 35.2 Å². The van der Waals surface area contributed by atoms with Crippen LogP contribution < -0.4 is 0 Å². The molecule has 94 valence electrons. The fourth-order valence-electron chi connectivity index (χ4n) is 2.00. The van der Waals surface area contributed by atoms with Crippen LogP contribution in [0.15, 0.2) is 40.4 Å². The minimum atomic E-state index is -3.02. The predicted molar refractivity (Wildman–Crippen MR) is 73.3 cm³/mol. The highest BCUT2D eigenvalue weighted by molar-refractivity contribution is 8.02. The van der Waals surface area contributed by atoms with Gasteiger partial charge in [0, 0.05) is 10.7 Å². The summed E-state index contributed by atoms with van der Waals surface area (Å²) in [5, 5.41) is 2.11. The highest BCUT2D eigenvalue weighted by Crippen LogP contribution is 2.32. The summed E-state index contributed by atoms with van der Waals surface area (Å²) in [7, 11) is -3.02. The van der Waals surface area contributed by atoms with E-state index in [1.54, 1.807) is 0 Å². The van der Waals surface area contributed by atoms with Gasteiger partial charge in [-0.3, -0.25) is 0 Å². The van der Waals surface area contributed by atoms with Gasteiger partial charge in [-0.25, -0.2) is 13.4 Å². The van der Waals surface area contributed by atoms with E-state index >= 15 is 0 Å². The van der Waals surface area contributed by atoms with E-state index in [1.165, 1.54) is 17.2 Å². The number of hydrogen-bond donors (Lipinski definition) is 1. The van der Waals surface area contributed by atoms with Crippen molar-refractivity contribution < 1.29 is 8.42 Å². The van der Waals surface area contributed by atoms with Gasteiger partial charge in [0.05, 0.1) is 16.8 Å². The van der Waals surface area contributed by atoms with Crippen molar-refractivity contribution in [2.24, 2.45) is 0 Å². The molecule has 4 nitrogen and oxygen atoms in total. The molecule has 0 saturated carbocycles. The van der Waals surface area contributed by atoms with E-state index in [2.05, 4.69) is 9.97 Å². The maximum absolute atomic E-state index is 11.5. The first-order chi connectivity index (χ1) is 8.53. The van der Waals surface area contributed by atoms with E-state index in [0.29, 0.717) is 0 Å². The Labute approximate surface area is 109 Å². The summed E-state index contributed by atoms with van der Waals surface area (Å²) < 4.78 is 23.0. The Kier molecular flexibility index (Phi) is 2.71. The smallest absolute Gasteiger partial charge is 0.173 e. The van der Waals surface area contributed by atoms with Crippen LogP contribution in [0, 0.1) is 0 Å². The molecule has 1 N–H and O–H groups in total. The molecular formula is C12H12N2O2S2. The molecule has 0 unspecified atom stereocenters. The molecule has 0 aliphatic carbocycles. The Morgan fingerprint density at radius 2 is 2.17 bits per heavy atom. The first-order valence-corrected chi connectivity index (χ1v) is 8.15. The number of fused-ring (bicyclic) bond motifs is 1. The molecule has 0 saturated heterocycles. The van der Waals surface area contributed by atoms with E-state index in [9.17, 15) is 8.42 Å². The zero-order valence-electron chi connectivity index (χ0n) is 9.75. The summed E-state index contributed by atoms with van der Waals surface area (Å²) in [6.45, 7) is 1.85. The van der Waals surface area contributed by atoms with Crippen molar-refractivity contribution in [1.82, 2.24) is 9.97 Å². The topological polar surface area (TPSA) is 62.8 Å². The monoisotopic (exact) mass is 280 g/mol. The predicted octanol–water partition coefficient (Wildman–Crippen LogP) is 2.36. The third kappa shape index (κ3) is 2.18. The van der Waals surface area contributed by atoms with Gasteiger partial charge in [-0.05, 0) is 24.6 Å². The van der Waals surface area contributed by atoms with Crippen molar-refractivity contribution in [1.29, 1.82) is 0 Å². The molecule has 1 atom stereocenters. The number of aromatic amines is 1. The maximum atomic E-state index is 11.5. The van der Waals surface area contributed by atoms with Crippen LogP contribution in [-0.4, -0.2) is 29.4 Å². The number of para-hydroxylation sites is 2. The van der Waals surface area contributed by atoms with Crippen LogP contribution in [0.1, 0.15) is 6.92 Å². The molecule has 3 rings (SSSR count). The van der Waals surface area contributed by atoms with E-state index in [4.69, 9.17) is 0 Å². The van der Waals surface area contributed by atoms with Gasteiger partial charge in [0.1, 0.15) is 0 Å². The Morgan fingerprint density at radius 3 is 2.83 bits per heavy atom. The molecule has 0 spiro atoms. The van der Waals surface area contributed by atoms with E-state index in [-0.39, 0.29) is 11.0 Å². The summed E-state index contributed by atoms with van der Waals surface area (Å²) in [6.07, 6.45) is 0. The van der Waals surface area contributed by atoms with Crippen molar-refractivity contribution >= 4 is 32.6 Å². The Bertz CT molecular complexity index is 698. The van der Waals surface area contributed by atoms with Gasteiger partial charge < -0.3 is 4.98 Å². The van der Waals surface area contributed by atoms with Crippen molar-refractivity contribution in [3.63, 3.8) is 0 Å². The van der Waals surface area contributed by atoms with Gasteiger partial charge in [-0.2, -0.15) is 0 Å². The van der Waals surface area contributed by atoms with E-state index in [1.807, 2.05) is 31.2 Å². The number of aromatic nitrogens is 2. The molecule has 1 aliphatic rings. The Hall–Kier alpha value is -1.27. The number of rotatable bonds is 2. The fourth-order valence-corrected chi connectivity index (χ4v) is 5.28. The van der Waals surface area contributed by atoms with Crippen LogP contribution in [0.4, 0.5) is 0 Å². The molecule has 0 amide bonds. The minimum Gasteiger partial charge on any atom is -0.333 e. The van der Waals surface area contributed by atoms with Crippen LogP contribution in [0.3, 0.4) is 0 Å². The normalized spacial score (nSPS) is 22.3. The second-order valence-electron chi connectivity index (χ2n) is 4.36. The third-order valence-corrected chi connectivity index (χ3v) is 5.86. The summed E-state index contributed by atoms with van der Waals surface area (Å²) >= 11 is 1.47. The summed E-state index contributed by atoms with van der Waals surface area (Å²) in [4.78, 5) is 7.64. The first kappa shape index (κ1) is 11.8. The van der Waals surface area contributed by atoms with E-state index < -0.39 is 9.84 Å². The number of nitrogens with zero attached hydrogens (tertiary/aromatic N) is 1. The first-order valence-electron chi connectivity index (χ1n) is 5.56. The average molecular weight is 280 g/mol. The molecule has 6 heteroatoms. The third-order valence-electron chi connectivity index (χ3n) is 2.88. The SMILES string of the molecule is CC1=CS(=O)(=O)C[C@@H]1Sc1nc2ccccc2[nH]1. The zero-order chi connectivity index (χ0) is 12.8. The lowest BCUT2D eigenvalue weighted by molar-refractivity contribution is 0.606. The summed E-state index contributed by atoms with van der Waals surface area (Å²) in [5.41, 5.74) is 2.77. The van der Waals surface area contributed by atoms with Crippen LogP contribution >= 0.6 is 11.8 Å². The largest absolute Gasteiger partial charge is 0.333 e. The Morgan fingerprint density at radius 1 is 1.39 bits per heavy atom. The van der Waals surface area contributed by atoms with Gasteiger partial charge in [-0.1, -0.05) is 23.9 Å². The van der Waals surface area contributed by atoms with E-state index in [0.717, 1.165) is 21.8 Å².